The van der Waals surface area contributed by atoms with Gasteiger partial charge in [0.25, 0.3) is 0 Å². The van der Waals surface area contributed by atoms with Crippen LogP contribution in [0.3, 0.4) is 0 Å². The predicted octanol–water partition coefficient (Wildman–Crippen LogP) is 8.96. The zero-order valence-electron chi connectivity index (χ0n) is 17.3. The van der Waals surface area contributed by atoms with E-state index in [1.165, 1.54) is 83.5 Å². The molecule has 0 N–H and O–H groups in total. The van der Waals surface area contributed by atoms with Gasteiger partial charge in [0.1, 0.15) is 0 Å². The topological polar surface area (TPSA) is 0 Å². The van der Waals surface area contributed by atoms with Crippen LogP contribution < -0.4 is 0 Å². The van der Waals surface area contributed by atoms with E-state index in [4.69, 9.17) is 0 Å². The molecule has 0 fully saturated rings. The van der Waals surface area contributed by atoms with Gasteiger partial charge in [-0.3, -0.25) is 0 Å². The molecular weight excluding hydrogens is 324 g/mol. The summed E-state index contributed by atoms with van der Waals surface area (Å²) in [5, 5.41) is 0. The Morgan fingerprint density at radius 2 is 0.444 bits per heavy atom. The molecule has 0 bridgehead atoms. The maximum atomic E-state index is 2.29. The third-order valence-electron chi connectivity index (χ3n) is 4.74. The van der Waals surface area contributed by atoms with Crippen LogP contribution >= 0.6 is 0 Å². The molecule has 1 aliphatic carbocycles. The Hall–Kier alpha value is -1.82. The van der Waals surface area contributed by atoms with Crippen LogP contribution in [0.1, 0.15) is 83.5 Å². The minimum atomic E-state index is 1.21. The van der Waals surface area contributed by atoms with Gasteiger partial charge in [-0.05, 0) is 25.7 Å². The van der Waals surface area contributed by atoms with Crippen molar-refractivity contribution in [3.63, 3.8) is 0 Å². The highest BCUT2D eigenvalue weighted by Crippen LogP contribution is 2.12. The predicted molar refractivity (Wildman–Crippen MR) is 124 cm³/mol. The summed E-state index contributed by atoms with van der Waals surface area (Å²) in [5.74, 6) is 0. The Labute approximate surface area is 168 Å². The van der Waals surface area contributed by atoms with E-state index >= 15 is 0 Å². The minimum Gasteiger partial charge on any atom is -0.0845 e. The molecule has 0 spiro atoms. The molecule has 0 aromatic carbocycles. The molecular formula is C27H40. The highest BCUT2D eigenvalue weighted by molar-refractivity contribution is 5.20. The lowest BCUT2D eigenvalue weighted by Crippen LogP contribution is -1.82. The number of hydrogen-bond acceptors (Lipinski definition) is 0. The van der Waals surface area contributed by atoms with Gasteiger partial charge in [0, 0.05) is 0 Å². The first-order chi connectivity index (χ1) is 13.5. The van der Waals surface area contributed by atoms with Crippen molar-refractivity contribution in [3.05, 3.63) is 85.1 Å². The lowest BCUT2D eigenvalue weighted by molar-refractivity contribution is 0.547. The Balaban J connectivity index is 2.32. The lowest BCUT2D eigenvalue weighted by Gasteiger charge is -2.02. The third-order valence-corrected chi connectivity index (χ3v) is 4.74. The van der Waals surface area contributed by atoms with Crippen molar-refractivity contribution in [3.8, 4) is 0 Å². The van der Waals surface area contributed by atoms with E-state index in [0.717, 1.165) is 0 Å². The van der Waals surface area contributed by atoms with Gasteiger partial charge in [-0.2, -0.15) is 0 Å². The highest BCUT2D eigenvalue weighted by Gasteiger charge is 1.93. The van der Waals surface area contributed by atoms with E-state index in [2.05, 4.69) is 85.1 Å². The van der Waals surface area contributed by atoms with Gasteiger partial charge in [-0.25, -0.2) is 0 Å². The van der Waals surface area contributed by atoms with Gasteiger partial charge >= 0.3 is 0 Å². The molecule has 0 aromatic rings. The Morgan fingerprint density at radius 3 is 0.741 bits per heavy atom. The summed E-state index contributed by atoms with van der Waals surface area (Å²) < 4.78 is 0. The number of rotatable bonds is 0. The number of hydrogen-bond donors (Lipinski definition) is 0. The third kappa shape index (κ3) is 18.8. The van der Waals surface area contributed by atoms with Crippen molar-refractivity contribution in [2.75, 3.05) is 0 Å². The van der Waals surface area contributed by atoms with Gasteiger partial charge in [0.05, 0.1) is 0 Å². The summed E-state index contributed by atoms with van der Waals surface area (Å²) in [6.07, 6.45) is 47.5. The van der Waals surface area contributed by atoms with Gasteiger partial charge in [0.2, 0.25) is 0 Å². The molecule has 0 aromatic heterocycles. The van der Waals surface area contributed by atoms with Crippen molar-refractivity contribution in [1.29, 1.82) is 0 Å². The minimum absolute atomic E-state index is 1.21. The van der Waals surface area contributed by atoms with Crippen molar-refractivity contribution in [2.45, 2.75) is 83.5 Å². The largest absolute Gasteiger partial charge is 0.0845 e. The Morgan fingerprint density at radius 1 is 0.222 bits per heavy atom. The van der Waals surface area contributed by atoms with Crippen molar-refractivity contribution in [2.24, 2.45) is 0 Å². The molecule has 0 amide bonds. The van der Waals surface area contributed by atoms with Crippen molar-refractivity contribution >= 4 is 0 Å². The zero-order valence-corrected chi connectivity index (χ0v) is 17.3. The van der Waals surface area contributed by atoms with Crippen LogP contribution in [-0.2, 0) is 0 Å². The van der Waals surface area contributed by atoms with E-state index in [-0.39, 0.29) is 0 Å². The average molecular weight is 365 g/mol. The molecule has 27 heavy (non-hydrogen) atoms. The quantitative estimate of drug-likeness (QED) is 0.402. The molecule has 1 rings (SSSR count). The second-order valence-corrected chi connectivity index (χ2v) is 7.25. The summed E-state index contributed by atoms with van der Waals surface area (Å²) in [4.78, 5) is 0. The molecule has 0 heterocycles. The van der Waals surface area contributed by atoms with Crippen LogP contribution in [0.25, 0.3) is 0 Å². The van der Waals surface area contributed by atoms with Crippen LogP contribution in [0.4, 0.5) is 0 Å². The van der Waals surface area contributed by atoms with Crippen LogP contribution in [0.15, 0.2) is 85.1 Å². The zero-order chi connectivity index (χ0) is 19.1. The molecule has 0 atom stereocenters. The molecule has 0 saturated heterocycles. The summed E-state index contributed by atoms with van der Waals surface area (Å²) in [7, 11) is 0. The van der Waals surface area contributed by atoms with E-state index in [0.29, 0.717) is 0 Å². The molecule has 0 nitrogen and oxygen atoms in total. The second kappa shape index (κ2) is 20.5. The Kier molecular flexibility index (Phi) is 17.6. The molecule has 0 radical (unpaired) electrons. The second-order valence-electron chi connectivity index (χ2n) is 7.25. The first kappa shape index (κ1) is 23.2. The van der Waals surface area contributed by atoms with E-state index in [1.54, 1.807) is 0 Å². The fourth-order valence-electron chi connectivity index (χ4n) is 3.11. The van der Waals surface area contributed by atoms with E-state index in [9.17, 15) is 0 Å². The van der Waals surface area contributed by atoms with E-state index < -0.39 is 0 Å². The summed E-state index contributed by atoms with van der Waals surface area (Å²) in [6, 6.07) is 0. The van der Waals surface area contributed by atoms with Crippen LogP contribution in [-0.4, -0.2) is 0 Å². The maximum Gasteiger partial charge on any atom is -0.0348 e. The van der Waals surface area contributed by atoms with Crippen LogP contribution in [0.2, 0.25) is 0 Å². The van der Waals surface area contributed by atoms with Crippen LogP contribution in [0.5, 0.6) is 0 Å². The van der Waals surface area contributed by atoms with Crippen molar-refractivity contribution in [1.82, 2.24) is 0 Å². The standard InChI is InChI=1S/C27H40/c1-2-4-6-8-10-12-14-16-18-20-22-24-26-27-25-23-21-19-17-15-13-11-9-7-5-3-1/h1-14H,15-27H2/b2-1-,5-3-,6-4-,9-7-,10-8-,13-11-,14-12?. The SMILES string of the molecule is C1=CCCCCCCCCCCCCC\C=C/C=C\C=C/C=C\C=C/C=C\1. The maximum absolute atomic E-state index is 2.29. The summed E-state index contributed by atoms with van der Waals surface area (Å²) in [6.45, 7) is 0. The van der Waals surface area contributed by atoms with Gasteiger partial charge in [-0.15, -0.1) is 0 Å². The monoisotopic (exact) mass is 364 g/mol. The molecule has 0 heteroatoms. The van der Waals surface area contributed by atoms with Gasteiger partial charge in [-0.1, -0.05) is 143 Å². The molecule has 1 aliphatic rings. The summed E-state index contributed by atoms with van der Waals surface area (Å²) in [5.41, 5.74) is 0. The highest BCUT2D eigenvalue weighted by atomic mass is 14.0. The number of allylic oxidation sites excluding steroid dienone is 14. The Bertz CT molecular complexity index is 462. The smallest absolute Gasteiger partial charge is 0.0348 e. The van der Waals surface area contributed by atoms with Gasteiger partial charge < -0.3 is 0 Å². The first-order valence-corrected chi connectivity index (χ1v) is 11.1. The summed E-state index contributed by atoms with van der Waals surface area (Å²) >= 11 is 0. The van der Waals surface area contributed by atoms with Crippen molar-refractivity contribution < 1.29 is 0 Å². The fraction of sp³-hybridized carbons (Fsp3) is 0.481. The average Bonchev–Trinajstić information content (AvgIpc) is 2.68. The lowest BCUT2D eigenvalue weighted by atomic mass is 10.0. The van der Waals surface area contributed by atoms with Crippen LogP contribution in [0, 0.1) is 0 Å². The fourth-order valence-corrected chi connectivity index (χ4v) is 3.11. The molecule has 0 saturated carbocycles. The normalized spacial score (nSPS) is 27.0. The van der Waals surface area contributed by atoms with E-state index in [1.807, 2.05) is 0 Å². The van der Waals surface area contributed by atoms with Gasteiger partial charge in [0.15, 0.2) is 0 Å². The molecule has 148 valence electrons. The molecule has 0 unspecified atom stereocenters. The first-order valence-electron chi connectivity index (χ1n) is 11.1. The molecule has 0 aliphatic heterocycles.